The van der Waals surface area contributed by atoms with E-state index < -0.39 is 0 Å². The van der Waals surface area contributed by atoms with Gasteiger partial charge in [-0.15, -0.1) is 0 Å². The number of non-ortho nitro benzene ring substituents is 1. The second kappa shape index (κ2) is 6.72. The SMILES string of the molecule is CCC(Nc1cc([N+](=O)[O-])ccc1Br)c1ccc(C)cc1. The van der Waals surface area contributed by atoms with E-state index in [0.29, 0.717) is 0 Å². The van der Waals surface area contributed by atoms with Crippen LogP contribution in [0.3, 0.4) is 0 Å². The molecule has 1 N–H and O–H groups in total. The zero-order valence-corrected chi connectivity index (χ0v) is 13.6. The summed E-state index contributed by atoms with van der Waals surface area (Å²) in [5.74, 6) is 0. The summed E-state index contributed by atoms with van der Waals surface area (Å²) in [6.07, 6.45) is 0.887. The molecule has 0 aromatic heterocycles. The van der Waals surface area contributed by atoms with Crippen LogP contribution in [-0.2, 0) is 0 Å². The van der Waals surface area contributed by atoms with Crippen LogP contribution in [0.15, 0.2) is 46.9 Å². The van der Waals surface area contributed by atoms with Crippen LogP contribution in [0.1, 0.15) is 30.5 Å². The van der Waals surface area contributed by atoms with Crippen molar-refractivity contribution < 1.29 is 4.92 Å². The molecule has 1 atom stereocenters. The third-order valence-electron chi connectivity index (χ3n) is 3.38. The smallest absolute Gasteiger partial charge is 0.271 e. The minimum absolute atomic E-state index is 0.0828. The van der Waals surface area contributed by atoms with E-state index in [1.165, 1.54) is 17.2 Å². The van der Waals surface area contributed by atoms with Gasteiger partial charge in [-0.05, 0) is 40.9 Å². The quantitative estimate of drug-likeness (QED) is 0.594. The fourth-order valence-electron chi connectivity index (χ4n) is 2.15. The van der Waals surface area contributed by atoms with Gasteiger partial charge in [0, 0.05) is 16.6 Å². The minimum Gasteiger partial charge on any atom is -0.377 e. The van der Waals surface area contributed by atoms with E-state index in [1.54, 1.807) is 12.1 Å². The second-order valence-electron chi connectivity index (χ2n) is 4.94. The molecule has 0 aliphatic heterocycles. The number of nitro benzene ring substituents is 1. The third-order valence-corrected chi connectivity index (χ3v) is 4.07. The van der Waals surface area contributed by atoms with Crippen molar-refractivity contribution in [3.8, 4) is 0 Å². The first kappa shape index (κ1) is 15.5. The minimum atomic E-state index is -0.384. The lowest BCUT2D eigenvalue weighted by molar-refractivity contribution is -0.384. The molecule has 0 saturated carbocycles. The monoisotopic (exact) mass is 348 g/mol. The maximum absolute atomic E-state index is 10.9. The molecular weight excluding hydrogens is 332 g/mol. The lowest BCUT2D eigenvalue weighted by atomic mass is 10.0. The number of anilines is 1. The fraction of sp³-hybridized carbons (Fsp3) is 0.250. The van der Waals surface area contributed by atoms with Crippen LogP contribution in [0.5, 0.6) is 0 Å². The van der Waals surface area contributed by atoms with Gasteiger partial charge in [0.1, 0.15) is 0 Å². The molecule has 0 amide bonds. The Morgan fingerprint density at radius 3 is 2.48 bits per heavy atom. The van der Waals surface area contributed by atoms with Crippen LogP contribution in [0.4, 0.5) is 11.4 Å². The van der Waals surface area contributed by atoms with E-state index >= 15 is 0 Å². The summed E-state index contributed by atoms with van der Waals surface area (Å²) < 4.78 is 0.818. The summed E-state index contributed by atoms with van der Waals surface area (Å²) in [5.41, 5.74) is 3.20. The summed E-state index contributed by atoms with van der Waals surface area (Å²) in [7, 11) is 0. The van der Waals surface area contributed by atoms with Crippen LogP contribution < -0.4 is 5.32 Å². The van der Waals surface area contributed by atoms with Gasteiger partial charge in [0.2, 0.25) is 0 Å². The topological polar surface area (TPSA) is 55.2 Å². The number of hydrogen-bond acceptors (Lipinski definition) is 3. The summed E-state index contributed by atoms with van der Waals surface area (Å²) in [5, 5.41) is 14.3. The highest BCUT2D eigenvalue weighted by Crippen LogP contribution is 2.31. The van der Waals surface area contributed by atoms with Gasteiger partial charge in [-0.1, -0.05) is 36.8 Å². The Balaban J connectivity index is 2.28. The number of benzene rings is 2. The van der Waals surface area contributed by atoms with Gasteiger partial charge in [-0.3, -0.25) is 10.1 Å². The summed E-state index contributed by atoms with van der Waals surface area (Å²) in [4.78, 5) is 10.5. The predicted octanol–water partition coefficient (Wildman–Crippen LogP) is 5.23. The molecule has 0 aliphatic rings. The van der Waals surface area contributed by atoms with Crippen LogP contribution in [0.2, 0.25) is 0 Å². The van der Waals surface area contributed by atoms with Crippen LogP contribution >= 0.6 is 15.9 Å². The van der Waals surface area contributed by atoms with Crippen molar-refractivity contribution in [2.75, 3.05) is 5.32 Å². The van der Waals surface area contributed by atoms with Crippen LogP contribution in [0, 0.1) is 17.0 Å². The Bertz CT molecular complexity index is 641. The molecule has 1 unspecified atom stereocenters. The molecule has 2 aromatic carbocycles. The van der Waals surface area contributed by atoms with Crippen molar-refractivity contribution in [1.29, 1.82) is 0 Å². The van der Waals surface area contributed by atoms with Gasteiger partial charge in [0.05, 0.1) is 16.7 Å². The summed E-state index contributed by atoms with van der Waals surface area (Å²) >= 11 is 3.44. The molecule has 4 nitrogen and oxygen atoms in total. The van der Waals surface area contributed by atoms with Gasteiger partial charge >= 0.3 is 0 Å². The van der Waals surface area contributed by atoms with E-state index in [4.69, 9.17) is 0 Å². The van der Waals surface area contributed by atoms with E-state index in [0.717, 1.165) is 16.6 Å². The maximum Gasteiger partial charge on any atom is 0.271 e. The van der Waals surface area contributed by atoms with Crippen LogP contribution in [0.25, 0.3) is 0 Å². The van der Waals surface area contributed by atoms with E-state index in [9.17, 15) is 10.1 Å². The molecule has 0 spiro atoms. The van der Waals surface area contributed by atoms with Gasteiger partial charge < -0.3 is 5.32 Å². The molecule has 0 aliphatic carbocycles. The van der Waals surface area contributed by atoms with Crippen molar-refractivity contribution in [3.05, 3.63) is 68.2 Å². The largest absolute Gasteiger partial charge is 0.377 e. The molecule has 0 radical (unpaired) electrons. The van der Waals surface area contributed by atoms with Crippen molar-refractivity contribution in [3.63, 3.8) is 0 Å². The van der Waals surface area contributed by atoms with Gasteiger partial charge in [-0.2, -0.15) is 0 Å². The molecule has 110 valence electrons. The molecule has 0 fully saturated rings. The van der Waals surface area contributed by atoms with Crippen molar-refractivity contribution in [2.24, 2.45) is 0 Å². The Hall–Kier alpha value is -1.88. The number of nitro groups is 1. The lowest BCUT2D eigenvalue weighted by Gasteiger charge is -2.20. The number of nitrogens with zero attached hydrogens (tertiary/aromatic N) is 1. The van der Waals surface area contributed by atoms with Gasteiger partial charge in [0.25, 0.3) is 5.69 Å². The highest BCUT2D eigenvalue weighted by atomic mass is 79.9. The van der Waals surface area contributed by atoms with Crippen molar-refractivity contribution in [1.82, 2.24) is 0 Å². The lowest BCUT2D eigenvalue weighted by Crippen LogP contribution is -2.10. The molecule has 0 bridgehead atoms. The molecule has 0 saturated heterocycles. The summed E-state index contributed by atoms with van der Waals surface area (Å²) in [6, 6.07) is 13.2. The Morgan fingerprint density at radius 1 is 1.24 bits per heavy atom. The second-order valence-corrected chi connectivity index (χ2v) is 5.79. The first-order valence-corrected chi connectivity index (χ1v) is 7.57. The summed E-state index contributed by atoms with van der Waals surface area (Å²) in [6.45, 7) is 4.14. The van der Waals surface area contributed by atoms with Gasteiger partial charge in [0.15, 0.2) is 0 Å². The van der Waals surface area contributed by atoms with E-state index in [1.807, 2.05) is 0 Å². The maximum atomic E-state index is 10.9. The predicted molar refractivity (Wildman–Crippen MR) is 88.6 cm³/mol. The number of hydrogen-bond donors (Lipinski definition) is 1. The Morgan fingerprint density at radius 2 is 1.90 bits per heavy atom. The average Bonchev–Trinajstić information content (AvgIpc) is 2.47. The fourth-order valence-corrected chi connectivity index (χ4v) is 2.51. The Labute approximate surface area is 132 Å². The first-order chi connectivity index (χ1) is 10.0. The highest BCUT2D eigenvalue weighted by Gasteiger charge is 2.14. The third kappa shape index (κ3) is 3.82. The van der Waals surface area contributed by atoms with Crippen molar-refractivity contribution in [2.45, 2.75) is 26.3 Å². The molecule has 2 aromatic rings. The number of halogens is 1. The normalized spacial score (nSPS) is 12.0. The zero-order chi connectivity index (χ0) is 15.4. The Kier molecular flexibility index (Phi) is 4.96. The van der Waals surface area contributed by atoms with Gasteiger partial charge in [-0.25, -0.2) is 0 Å². The van der Waals surface area contributed by atoms with Crippen LogP contribution in [-0.4, -0.2) is 4.92 Å². The van der Waals surface area contributed by atoms with E-state index in [2.05, 4.69) is 59.4 Å². The molecule has 5 heteroatoms. The number of rotatable bonds is 5. The average molecular weight is 349 g/mol. The van der Waals surface area contributed by atoms with E-state index in [-0.39, 0.29) is 16.7 Å². The highest BCUT2D eigenvalue weighted by molar-refractivity contribution is 9.10. The molecule has 2 rings (SSSR count). The zero-order valence-electron chi connectivity index (χ0n) is 12.0. The standard InChI is InChI=1S/C16H17BrN2O2/c1-3-15(12-6-4-11(2)5-7-12)18-16-10-13(19(20)21)8-9-14(16)17/h4-10,15,18H,3H2,1-2H3. The number of nitrogens with one attached hydrogen (secondary N) is 1. The molecular formula is C16H17BrN2O2. The molecule has 21 heavy (non-hydrogen) atoms. The first-order valence-electron chi connectivity index (χ1n) is 6.78. The van der Waals surface area contributed by atoms with Crippen molar-refractivity contribution >= 4 is 27.3 Å². The number of aryl methyl sites for hydroxylation is 1. The molecule has 0 heterocycles.